The van der Waals surface area contributed by atoms with E-state index in [-0.39, 0.29) is 21.4 Å². The third kappa shape index (κ3) is 4.84. The van der Waals surface area contributed by atoms with Crippen LogP contribution in [0.5, 0.6) is 0 Å². The Hall–Kier alpha value is -1.83. The Balaban J connectivity index is 2.38. The highest BCUT2D eigenvalue weighted by Gasteiger charge is 2.30. The summed E-state index contributed by atoms with van der Waals surface area (Å²) in [5.74, 6) is -1.17. The molecule has 2 rings (SSSR count). The van der Waals surface area contributed by atoms with Gasteiger partial charge in [-0.15, -0.1) is 0 Å². The van der Waals surface area contributed by atoms with Gasteiger partial charge in [0.05, 0.1) is 17.0 Å². The molecule has 0 bridgehead atoms. The van der Waals surface area contributed by atoms with Crippen molar-refractivity contribution < 1.29 is 17.6 Å². The minimum Gasteiger partial charge on any atom is -0.324 e. The van der Waals surface area contributed by atoms with Crippen LogP contribution in [0, 0.1) is 5.82 Å². The Bertz CT molecular complexity index is 906. The van der Waals surface area contributed by atoms with Gasteiger partial charge < -0.3 is 5.32 Å². The van der Waals surface area contributed by atoms with Gasteiger partial charge in [-0.2, -0.15) is 0 Å². The first-order valence-electron chi connectivity index (χ1n) is 7.10. The lowest BCUT2D eigenvalue weighted by molar-refractivity contribution is -0.116. The van der Waals surface area contributed by atoms with Crippen LogP contribution < -0.4 is 9.62 Å². The molecule has 5 nitrogen and oxygen atoms in total. The molecule has 0 saturated carbocycles. The molecule has 134 valence electrons. The summed E-state index contributed by atoms with van der Waals surface area (Å²) in [6, 6.07) is 8.43. The normalized spacial score (nSPS) is 12.5. The topological polar surface area (TPSA) is 66.5 Å². The van der Waals surface area contributed by atoms with E-state index in [0.717, 1.165) is 16.6 Å². The van der Waals surface area contributed by atoms with E-state index in [9.17, 15) is 17.6 Å². The highest BCUT2D eigenvalue weighted by Crippen LogP contribution is 2.32. The highest BCUT2D eigenvalue weighted by molar-refractivity contribution is 7.92. The summed E-state index contributed by atoms with van der Waals surface area (Å²) in [5, 5.41) is 2.87. The molecule has 9 heteroatoms. The molecule has 0 radical (unpaired) electrons. The number of hydrogen-bond donors (Lipinski definition) is 1. The van der Waals surface area contributed by atoms with E-state index >= 15 is 0 Å². The van der Waals surface area contributed by atoms with Crippen molar-refractivity contribution in [1.29, 1.82) is 0 Å². The zero-order valence-electron chi connectivity index (χ0n) is 13.3. The lowest BCUT2D eigenvalue weighted by Crippen LogP contribution is -2.45. The molecule has 0 fully saturated rings. The van der Waals surface area contributed by atoms with Crippen molar-refractivity contribution in [2.45, 2.75) is 13.0 Å². The Morgan fingerprint density at radius 3 is 2.48 bits per heavy atom. The number of carbonyl (C=O) groups excluding carboxylic acids is 1. The first-order valence-corrected chi connectivity index (χ1v) is 9.71. The van der Waals surface area contributed by atoms with E-state index in [1.807, 2.05) is 0 Å². The quantitative estimate of drug-likeness (QED) is 0.820. The Morgan fingerprint density at radius 1 is 1.20 bits per heavy atom. The van der Waals surface area contributed by atoms with E-state index in [4.69, 9.17) is 23.2 Å². The van der Waals surface area contributed by atoms with Crippen LogP contribution in [0.3, 0.4) is 0 Å². The summed E-state index contributed by atoms with van der Waals surface area (Å²) in [6.45, 7) is 1.40. The smallest absolute Gasteiger partial charge is 0.247 e. The Kier molecular flexibility index (Phi) is 5.92. The molecular formula is C16H15Cl2FN2O3S. The number of nitrogens with zero attached hydrogens (tertiary/aromatic N) is 1. The molecule has 1 atom stereocenters. The highest BCUT2D eigenvalue weighted by atomic mass is 35.5. The number of anilines is 2. The number of rotatable bonds is 5. The molecule has 1 amide bonds. The average Bonchev–Trinajstić information content (AvgIpc) is 2.49. The first kappa shape index (κ1) is 19.5. The van der Waals surface area contributed by atoms with Crippen LogP contribution in [-0.2, 0) is 14.8 Å². The summed E-state index contributed by atoms with van der Waals surface area (Å²) >= 11 is 12.0. The van der Waals surface area contributed by atoms with Crippen LogP contribution in [0.25, 0.3) is 0 Å². The lowest BCUT2D eigenvalue weighted by atomic mass is 10.2. The van der Waals surface area contributed by atoms with Gasteiger partial charge in [-0.05, 0) is 43.3 Å². The molecule has 0 saturated heterocycles. The van der Waals surface area contributed by atoms with E-state index in [1.165, 1.54) is 43.3 Å². The molecule has 0 spiro atoms. The summed E-state index contributed by atoms with van der Waals surface area (Å²) in [7, 11) is -3.85. The zero-order valence-corrected chi connectivity index (χ0v) is 15.7. The molecule has 1 N–H and O–H groups in total. The van der Waals surface area contributed by atoms with Gasteiger partial charge in [0.1, 0.15) is 11.9 Å². The maximum atomic E-state index is 13.2. The Morgan fingerprint density at radius 2 is 1.88 bits per heavy atom. The van der Waals surface area contributed by atoms with Gasteiger partial charge in [-0.25, -0.2) is 12.8 Å². The maximum absolute atomic E-state index is 13.2. The van der Waals surface area contributed by atoms with Crippen LogP contribution in [0.4, 0.5) is 15.8 Å². The number of hydrogen-bond acceptors (Lipinski definition) is 3. The molecule has 25 heavy (non-hydrogen) atoms. The van der Waals surface area contributed by atoms with Crippen molar-refractivity contribution in [2.75, 3.05) is 15.9 Å². The van der Waals surface area contributed by atoms with Crippen molar-refractivity contribution in [3.05, 3.63) is 58.3 Å². The van der Waals surface area contributed by atoms with E-state index in [1.54, 1.807) is 0 Å². The zero-order chi connectivity index (χ0) is 18.8. The molecule has 0 unspecified atom stereocenters. The number of amides is 1. The summed E-state index contributed by atoms with van der Waals surface area (Å²) in [6.07, 6.45) is 0.955. The van der Waals surface area contributed by atoms with Gasteiger partial charge in [-0.3, -0.25) is 9.10 Å². The predicted octanol–water partition coefficient (Wildman–Crippen LogP) is 3.93. The van der Waals surface area contributed by atoms with Crippen LogP contribution in [0.15, 0.2) is 42.5 Å². The van der Waals surface area contributed by atoms with Crippen molar-refractivity contribution >= 4 is 50.5 Å². The van der Waals surface area contributed by atoms with Gasteiger partial charge in [-0.1, -0.05) is 29.3 Å². The number of carbonyl (C=O) groups is 1. The minimum atomic E-state index is -3.85. The average molecular weight is 405 g/mol. The van der Waals surface area contributed by atoms with Crippen LogP contribution >= 0.6 is 23.2 Å². The van der Waals surface area contributed by atoms with Crippen LogP contribution in [-0.4, -0.2) is 26.6 Å². The van der Waals surface area contributed by atoms with Gasteiger partial charge in [0.25, 0.3) is 0 Å². The SMILES string of the molecule is C[C@H](C(=O)Nc1cccc(F)c1)N(c1cc(Cl)ccc1Cl)S(C)(=O)=O. The van der Waals surface area contributed by atoms with Crippen LogP contribution in [0.2, 0.25) is 10.0 Å². The summed E-state index contributed by atoms with van der Waals surface area (Å²) in [4.78, 5) is 12.5. The van der Waals surface area contributed by atoms with Crippen molar-refractivity contribution in [3.63, 3.8) is 0 Å². The third-order valence-corrected chi connectivity index (χ3v) is 5.11. The number of nitrogens with one attached hydrogen (secondary N) is 1. The second-order valence-electron chi connectivity index (χ2n) is 5.33. The van der Waals surface area contributed by atoms with Crippen LogP contribution in [0.1, 0.15) is 6.92 Å². The van der Waals surface area contributed by atoms with E-state index in [2.05, 4.69) is 5.32 Å². The fourth-order valence-electron chi connectivity index (χ4n) is 2.25. The van der Waals surface area contributed by atoms with E-state index < -0.39 is 27.8 Å². The lowest BCUT2D eigenvalue weighted by Gasteiger charge is -2.29. The number of halogens is 3. The number of benzene rings is 2. The fourth-order valence-corrected chi connectivity index (χ4v) is 3.85. The van der Waals surface area contributed by atoms with Gasteiger partial charge in [0, 0.05) is 10.7 Å². The first-order chi connectivity index (χ1) is 11.6. The molecule has 0 aliphatic rings. The predicted molar refractivity (Wildman–Crippen MR) is 98.3 cm³/mol. The molecule has 2 aromatic rings. The number of sulfonamides is 1. The molecule has 2 aromatic carbocycles. The van der Waals surface area contributed by atoms with Crippen molar-refractivity contribution in [1.82, 2.24) is 0 Å². The second-order valence-corrected chi connectivity index (χ2v) is 8.03. The molecule has 0 heterocycles. The molecule has 0 aliphatic heterocycles. The van der Waals surface area contributed by atoms with Gasteiger partial charge in [0.15, 0.2) is 0 Å². The van der Waals surface area contributed by atoms with E-state index in [0.29, 0.717) is 0 Å². The molecular weight excluding hydrogens is 390 g/mol. The van der Waals surface area contributed by atoms with Crippen molar-refractivity contribution in [2.24, 2.45) is 0 Å². The van der Waals surface area contributed by atoms with Gasteiger partial charge in [0.2, 0.25) is 15.9 Å². The maximum Gasteiger partial charge on any atom is 0.247 e. The van der Waals surface area contributed by atoms with Gasteiger partial charge >= 0.3 is 0 Å². The fraction of sp³-hybridized carbons (Fsp3) is 0.188. The summed E-state index contributed by atoms with van der Waals surface area (Å²) in [5.41, 5.74) is 0.293. The minimum absolute atomic E-state index is 0.0820. The molecule has 0 aliphatic carbocycles. The monoisotopic (exact) mass is 404 g/mol. The standard InChI is InChI=1S/C16H15Cl2FN2O3S/c1-10(16(22)20-13-5-3-4-12(19)9-13)21(25(2,23)24)15-8-11(17)6-7-14(15)18/h3-10H,1-2H3,(H,20,22)/t10-/m1/s1. The Labute approximate surface area is 155 Å². The second kappa shape index (κ2) is 7.59. The third-order valence-electron chi connectivity index (χ3n) is 3.33. The van der Waals surface area contributed by atoms with Crippen molar-refractivity contribution in [3.8, 4) is 0 Å². The largest absolute Gasteiger partial charge is 0.324 e. The summed E-state index contributed by atoms with van der Waals surface area (Å²) < 4.78 is 38.6. The molecule has 0 aromatic heterocycles.